The summed E-state index contributed by atoms with van der Waals surface area (Å²) in [5, 5.41) is 5.13. The number of H-pyrrole nitrogens is 1. The lowest BCUT2D eigenvalue weighted by Gasteiger charge is -2.39. The number of para-hydroxylation sites is 1. The molecule has 0 spiro atoms. The largest absolute Gasteiger partial charge is 0.497 e. The highest BCUT2D eigenvalue weighted by Crippen LogP contribution is 2.47. The van der Waals surface area contributed by atoms with Crippen molar-refractivity contribution in [2.75, 3.05) is 20.8 Å². The highest BCUT2D eigenvalue weighted by molar-refractivity contribution is 5.92. The number of hydrogen-bond donors (Lipinski definition) is 2. The van der Waals surface area contributed by atoms with Gasteiger partial charge in [0, 0.05) is 30.1 Å². The van der Waals surface area contributed by atoms with Crippen LogP contribution >= 0.6 is 0 Å². The van der Waals surface area contributed by atoms with Crippen LogP contribution in [0.3, 0.4) is 0 Å². The monoisotopic (exact) mass is 444 g/mol. The van der Waals surface area contributed by atoms with E-state index in [4.69, 9.17) is 14.5 Å². The minimum absolute atomic E-state index is 0.0736. The number of methoxy groups -OCH3 is 2. The van der Waals surface area contributed by atoms with Gasteiger partial charge < -0.3 is 14.5 Å². The predicted molar refractivity (Wildman–Crippen MR) is 124 cm³/mol. The van der Waals surface area contributed by atoms with Crippen LogP contribution in [0.1, 0.15) is 29.4 Å². The normalized spacial score (nSPS) is 21.7. The summed E-state index contributed by atoms with van der Waals surface area (Å²) >= 11 is 0. The van der Waals surface area contributed by atoms with Gasteiger partial charge in [0.25, 0.3) is 5.56 Å². The molecule has 2 atom stereocenters. The van der Waals surface area contributed by atoms with Gasteiger partial charge in [-0.2, -0.15) is 0 Å². The zero-order valence-electron chi connectivity index (χ0n) is 18.5. The Labute approximate surface area is 189 Å². The fourth-order valence-corrected chi connectivity index (χ4v) is 5.67. The molecule has 2 aromatic heterocycles. The van der Waals surface area contributed by atoms with Gasteiger partial charge in [-0.05, 0) is 42.7 Å². The highest BCUT2D eigenvalue weighted by Gasteiger charge is 2.55. The number of aromatic nitrogens is 3. The van der Waals surface area contributed by atoms with E-state index in [1.165, 1.54) is 7.11 Å². The molecule has 0 unspecified atom stereocenters. The Morgan fingerprint density at radius 3 is 2.85 bits per heavy atom. The molecule has 0 fully saturated rings. The summed E-state index contributed by atoms with van der Waals surface area (Å²) in [5.74, 6) is 0.600. The minimum atomic E-state index is -1.17. The van der Waals surface area contributed by atoms with E-state index in [-0.39, 0.29) is 17.4 Å². The molecule has 6 rings (SSSR count). The van der Waals surface area contributed by atoms with Crippen LogP contribution in [0.15, 0.2) is 47.3 Å². The molecule has 0 aliphatic carbocycles. The summed E-state index contributed by atoms with van der Waals surface area (Å²) in [6.07, 6.45) is 1.36. The van der Waals surface area contributed by atoms with Crippen LogP contribution in [0.4, 0.5) is 0 Å². The summed E-state index contributed by atoms with van der Waals surface area (Å²) < 4.78 is 12.5. The van der Waals surface area contributed by atoms with Crippen molar-refractivity contribution in [2.24, 2.45) is 0 Å². The van der Waals surface area contributed by atoms with Crippen LogP contribution in [0.25, 0.3) is 21.8 Å². The molecule has 0 bridgehead atoms. The van der Waals surface area contributed by atoms with Gasteiger partial charge in [-0.15, -0.1) is 0 Å². The van der Waals surface area contributed by atoms with E-state index in [0.29, 0.717) is 36.2 Å². The first-order valence-corrected chi connectivity index (χ1v) is 11.1. The molecule has 168 valence electrons. The lowest BCUT2D eigenvalue weighted by molar-refractivity contribution is -0.151. The topological polar surface area (TPSA) is 98.2 Å². The summed E-state index contributed by atoms with van der Waals surface area (Å²) in [7, 11) is 3.04. The lowest BCUT2D eigenvalue weighted by atomic mass is 9.75. The molecule has 2 aliphatic rings. The van der Waals surface area contributed by atoms with Gasteiger partial charge in [0.15, 0.2) is 5.54 Å². The van der Waals surface area contributed by atoms with Gasteiger partial charge in [-0.25, -0.2) is 9.78 Å². The number of ether oxygens (including phenoxy) is 2. The van der Waals surface area contributed by atoms with Crippen LogP contribution in [0.2, 0.25) is 0 Å². The molecule has 2 aliphatic heterocycles. The summed E-state index contributed by atoms with van der Waals surface area (Å²) in [4.78, 5) is 35.1. The Hall–Kier alpha value is -3.65. The van der Waals surface area contributed by atoms with Crippen LogP contribution in [0, 0.1) is 0 Å². The fourth-order valence-electron chi connectivity index (χ4n) is 5.67. The Bertz CT molecular complexity index is 1490. The molecule has 2 N–H and O–H groups in total. The maximum Gasteiger partial charge on any atom is 0.333 e. The van der Waals surface area contributed by atoms with Gasteiger partial charge in [0.05, 0.1) is 36.7 Å². The summed E-state index contributed by atoms with van der Waals surface area (Å²) in [6.45, 7) is 1.11. The van der Waals surface area contributed by atoms with Gasteiger partial charge in [-0.1, -0.05) is 12.1 Å². The molecule has 4 heterocycles. The fraction of sp³-hybridized carbons (Fsp3) is 0.320. The first-order chi connectivity index (χ1) is 16.1. The second kappa shape index (κ2) is 7.18. The summed E-state index contributed by atoms with van der Waals surface area (Å²) in [6, 6.07) is 13.2. The van der Waals surface area contributed by atoms with Crippen molar-refractivity contribution >= 4 is 27.8 Å². The average Bonchev–Trinajstić information content (AvgIpc) is 3.45. The van der Waals surface area contributed by atoms with Gasteiger partial charge in [-0.3, -0.25) is 14.7 Å². The lowest BCUT2D eigenvalue weighted by Crippen LogP contribution is -2.57. The molecule has 0 saturated heterocycles. The molecule has 33 heavy (non-hydrogen) atoms. The number of esters is 1. The van der Waals surface area contributed by atoms with Crippen molar-refractivity contribution in [3.8, 4) is 5.75 Å². The quantitative estimate of drug-likeness (QED) is 0.472. The molecule has 0 saturated carbocycles. The SMILES string of the molecule is COC(=O)[C@]1([C@H]2CCn3c2nc2ccccc2c3=O)NCCc2c1[nH]c1cc(OC)ccc21. The van der Waals surface area contributed by atoms with Gasteiger partial charge in [0.1, 0.15) is 11.6 Å². The standard InChI is InChI=1S/C25H24N4O4/c1-32-14-7-8-15-16-9-11-26-25(24(31)33-2,21(16)27-20(15)13-14)18-10-12-29-22(18)28-19-6-4-3-5-17(19)23(29)30/h3-8,13,18,26-27H,9-12H2,1-2H3/t18-,25+/m0/s1. The Morgan fingerprint density at radius 1 is 1.18 bits per heavy atom. The summed E-state index contributed by atoms with van der Waals surface area (Å²) in [5.41, 5.74) is 2.16. The van der Waals surface area contributed by atoms with Crippen molar-refractivity contribution in [3.05, 3.63) is 69.9 Å². The average molecular weight is 444 g/mol. The van der Waals surface area contributed by atoms with Crippen molar-refractivity contribution < 1.29 is 14.3 Å². The van der Waals surface area contributed by atoms with Crippen molar-refractivity contribution in [1.29, 1.82) is 0 Å². The van der Waals surface area contributed by atoms with Crippen molar-refractivity contribution in [1.82, 2.24) is 19.9 Å². The zero-order valence-corrected chi connectivity index (χ0v) is 18.5. The smallest absolute Gasteiger partial charge is 0.333 e. The molecular weight excluding hydrogens is 420 g/mol. The van der Waals surface area contributed by atoms with E-state index in [9.17, 15) is 9.59 Å². The van der Waals surface area contributed by atoms with E-state index >= 15 is 0 Å². The molecule has 8 heteroatoms. The number of benzene rings is 2. The maximum absolute atomic E-state index is 13.6. The first kappa shape index (κ1) is 20.0. The Balaban J connectivity index is 1.62. The number of carbonyl (C=O) groups is 1. The molecule has 2 aromatic carbocycles. The van der Waals surface area contributed by atoms with Crippen molar-refractivity contribution in [2.45, 2.75) is 30.8 Å². The Morgan fingerprint density at radius 2 is 2.03 bits per heavy atom. The third kappa shape index (κ3) is 2.64. The Kier molecular flexibility index (Phi) is 4.35. The maximum atomic E-state index is 13.6. The third-order valence-electron chi connectivity index (χ3n) is 7.16. The molecule has 0 radical (unpaired) electrons. The number of carbonyl (C=O) groups excluding carboxylic acids is 1. The highest BCUT2D eigenvalue weighted by atomic mass is 16.5. The van der Waals surface area contributed by atoms with Gasteiger partial charge >= 0.3 is 5.97 Å². The van der Waals surface area contributed by atoms with Crippen LogP contribution in [-0.4, -0.2) is 41.3 Å². The number of rotatable bonds is 3. The molecule has 0 amide bonds. The van der Waals surface area contributed by atoms with E-state index in [0.717, 1.165) is 34.3 Å². The third-order valence-corrected chi connectivity index (χ3v) is 7.16. The predicted octanol–water partition coefficient (Wildman–Crippen LogP) is 2.59. The number of nitrogens with zero attached hydrogens (tertiary/aromatic N) is 2. The van der Waals surface area contributed by atoms with E-state index in [1.54, 1.807) is 17.7 Å². The van der Waals surface area contributed by atoms with E-state index in [2.05, 4.69) is 10.3 Å². The van der Waals surface area contributed by atoms with Crippen LogP contribution in [0.5, 0.6) is 5.75 Å². The van der Waals surface area contributed by atoms with Crippen LogP contribution < -0.4 is 15.6 Å². The second-order valence-electron chi connectivity index (χ2n) is 8.65. The van der Waals surface area contributed by atoms with Gasteiger partial charge in [0.2, 0.25) is 0 Å². The molecule has 4 aromatic rings. The first-order valence-electron chi connectivity index (χ1n) is 11.1. The van der Waals surface area contributed by atoms with E-state index < -0.39 is 5.54 Å². The number of fused-ring (bicyclic) bond motifs is 5. The number of nitrogens with one attached hydrogen (secondary N) is 2. The zero-order chi connectivity index (χ0) is 22.7. The second-order valence-corrected chi connectivity index (χ2v) is 8.65. The molecular formula is C25H24N4O4. The number of aromatic amines is 1. The van der Waals surface area contributed by atoms with E-state index in [1.807, 2.05) is 36.4 Å². The minimum Gasteiger partial charge on any atom is -0.497 e. The molecule has 8 nitrogen and oxygen atoms in total. The van der Waals surface area contributed by atoms with Crippen LogP contribution in [-0.2, 0) is 28.0 Å². The number of hydrogen-bond acceptors (Lipinski definition) is 6. The van der Waals surface area contributed by atoms with Crippen molar-refractivity contribution in [3.63, 3.8) is 0 Å².